The predicted molar refractivity (Wildman–Crippen MR) is 43.9 cm³/mol. The van der Waals surface area contributed by atoms with Gasteiger partial charge in [0.2, 0.25) is 0 Å². The molecular weight excluding hydrogens is 193 g/mol. The first-order valence-corrected chi connectivity index (χ1v) is 4.43. The molecule has 0 spiro atoms. The highest BCUT2D eigenvalue weighted by Crippen LogP contribution is 2.31. The third kappa shape index (κ3) is 1.41. The second-order valence-electron chi connectivity index (χ2n) is 1.72. The molecule has 0 saturated carbocycles. The number of carbonyl (C=O) groups excluding carboxylic acids is 1. The van der Waals surface area contributed by atoms with Crippen LogP contribution in [-0.4, -0.2) is 22.0 Å². The minimum atomic E-state index is 0.00327. The lowest BCUT2D eigenvalue weighted by Gasteiger charge is -2.15. The van der Waals surface area contributed by atoms with Gasteiger partial charge in [0, 0.05) is 17.2 Å². The van der Waals surface area contributed by atoms with Gasteiger partial charge in [-0.3, -0.25) is 9.21 Å². The molecule has 0 aromatic heterocycles. The van der Waals surface area contributed by atoms with E-state index in [1.807, 2.05) is 0 Å². The van der Waals surface area contributed by atoms with E-state index in [4.69, 9.17) is 23.4 Å². The molecule has 0 aliphatic carbocycles. The molecule has 0 aromatic rings. The van der Waals surface area contributed by atoms with Crippen LogP contribution in [0.1, 0.15) is 0 Å². The van der Waals surface area contributed by atoms with Crippen molar-refractivity contribution in [3.63, 3.8) is 0 Å². The number of carbonyl (C=O) groups is 1. The van der Waals surface area contributed by atoms with E-state index in [9.17, 15) is 4.79 Å². The van der Waals surface area contributed by atoms with E-state index in [0.717, 1.165) is 0 Å². The smallest absolute Gasteiger partial charge is 0.167 e. The van der Waals surface area contributed by atoms with Crippen LogP contribution in [0.4, 0.5) is 0 Å². The van der Waals surface area contributed by atoms with Gasteiger partial charge in [0.15, 0.2) is 6.29 Å². The zero-order valence-corrected chi connectivity index (χ0v) is 7.29. The molecule has 5 heteroatoms. The van der Waals surface area contributed by atoms with Gasteiger partial charge in [-0.2, -0.15) is 0 Å². The van der Waals surface area contributed by atoms with Crippen LogP contribution in [0.25, 0.3) is 0 Å². The van der Waals surface area contributed by atoms with E-state index >= 15 is 0 Å². The van der Waals surface area contributed by atoms with Crippen LogP contribution in [0, 0.1) is 0 Å². The van der Waals surface area contributed by atoms with E-state index in [1.165, 1.54) is 16.2 Å². The van der Waals surface area contributed by atoms with Crippen LogP contribution in [0.3, 0.4) is 0 Å². The molecule has 0 aromatic carbocycles. The minimum absolute atomic E-state index is 0.00327. The Morgan fingerprint density at radius 2 is 2.60 bits per heavy atom. The summed E-state index contributed by atoms with van der Waals surface area (Å²) in [7, 11) is 0. The number of rotatable bonds is 2. The summed E-state index contributed by atoms with van der Waals surface area (Å²) in [6.07, 6.45) is 0.715. The van der Waals surface area contributed by atoms with Crippen molar-refractivity contribution in [2.75, 3.05) is 5.88 Å². The lowest BCUT2D eigenvalue weighted by Crippen LogP contribution is -2.20. The average molecular weight is 198 g/mol. The van der Waals surface area contributed by atoms with E-state index in [1.54, 1.807) is 5.41 Å². The van der Waals surface area contributed by atoms with Crippen molar-refractivity contribution < 1.29 is 4.79 Å². The molecule has 1 atom stereocenters. The zero-order valence-electron chi connectivity index (χ0n) is 4.96. The lowest BCUT2D eigenvalue weighted by molar-refractivity contribution is -0.105. The van der Waals surface area contributed by atoms with Crippen molar-refractivity contribution in [2.24, 2.45) is 0 Å². The first-order valence-electron chi connectivity index (χ1n) is 2.61. The Labute approximate surface area is 73.3 Å². The fourth-order valence-electron chi connectivity index (χ4n) is 0.593. The van der Waals surface area contributed by atoms with Crippen LogP contribution in [-0.2, 0) is 4.79 Å². The van der Waals surface area contributed by atoms with Crippen LogP contribution in [0.5, 0.6) is 0 Å². The van der Waals surface area contributed by atoms with Gasteiger partial charge in [-0.25, -0.2) is 0 Å². The van der Waals surface area contributed by atoms with Gasteiger partial charge in [-0.05, 0) is 0 Å². The van der Waals surface area contributed by atoms with Crippen LogP contribution in [0.2, 0.25) is 0 Å². The molecule has 1 unspecified atom stereocenters. The second-order valence-corrected chi connectivity index (χ2v) is 3.44. The number of alkyl halides is 1. The largest absolute Gasteiger partial charge is 0.296 e. The molecule has 0 N–H and O–H groups in total. The van der Waals surface area contributed by atoms with Gasteiger partial charge in [0.25, 0.3) is 0 Å². The number of halogens is 2. The molecule has 10 heavy (non-hydrogen) atoms. The molecular formula is C5H5Cl2NOS. The number of allylic oxidation sites excluding steroid dienone is 1. The maximum Gasteiger partial charge on any atom is 0.167 e. The van der Waals surface area contributed by atoms with Crippen molar-refractivity contribution in [1.29, 1.82) is 0 Å². The highest BCUT2D eigenvalue weighted by molar-refractivity contribution is 8.03. The summed E-state index contributed by atoms with van der Waals surface area (Å²) < 4.78 is 1.35. The number of hydrogen-bond acceptors (Lipinski definition) is 3. The number of aldehydes is 1. The third-order valence-corrected chi connectivity index (χ3v) is 3.19. The molecule has 2 nitrogen and oxygen atoms in total. The van der Waals surface area contributed by atoms with Gasteiger partial charge in [-0.1, -0.05) is 0 Å². The maximum absolute atomic E-state index is 10.2. The average Bonchev–Trinajstić information content (AvgIpc) is 2.30. The Kier molecular flexibility index (Phi) is 2.89. The molecule has 56 valence electrons. The summed E-state index contributed by atoms with van der Waals surface area (Å²) in [6, 6.07) is 0. The quantitative estimate of drug-likeness (QED) is 0.383. The van der Waals surface area contributed by atoms with E-state index in [0.29, 0.717) is 17.9 Å². The number of thioether (sulfide) groups is 1. The topological polar surface area (TPSA) is 20.3 Å². The molecule has 1 aliphatic heterocycles. The lowest BCUT2D eigenvalue weighted by atomic mass is 10.5. The molecule has 0 bridgehead atoms. The normalized spacial score (nSPS) is 24.8. The molecule has 0 amide bonds. The Hall–Kier alpha value is 0.140. The molecule has 0 radical (unpaired) electrons. The monoisotopic (exact) mass is 197 g/mol. The molecule has 0 fully saturated rings. The van der Waals surface area contributed by atoms with Crippen molar-refractivity contribution in [1.82, 2.24) is 4.42 Å². The minimum Gasteiger partial charge on any atom is -0.296 e. The fourth-order valence-corrected chi connectivity index (χ4v) is 2.14. The Balaban J connectivity index is 2.59. The van der Waals surface area contributed by atoms with Crippen LogP contribution >= 0.6 is 35.1 Å². The first kappa shape index (κ1) is 8.24. The van der Waals surface area contributed by atoms with E-state index in [2.05, 4.69) is 0 Å². The molecule has 1 rings (SSSR count). The number of nitrogens with zero attached hydrogens (tertiary/aromatic N) is 1. The van der Waals surface area contributed by atoms with Crippen molar-refractivity contribution in [2.45, 2.75) is 5.37 Å². The highest BCUT2D eigenvalue weighted by Gasteiger charge is 2.23. The van der Waals surface area contributed by atoms with Crippen molar-refractivity contribution in [3.05, 3.63) is 11.1 Å². The van der Waals surface area contributed by atoms with Crippen LogP contribution in [0.15, 0.2) is 11.1 Å². The zero-order chi connectivity index (χ0) is 7.56. The van der Waals surface area contributed by atoms with Gasteiger partial charge in [0.1, 0.15) is 5.37 Å². The second kappa shape index (κ2) is 3.51. The van der Waals surface area contributed by atoms with Gasteiger partial charge >= 0.3 is 0 Å². The summed E-state index contributed by atoms with van der Waals surface area (Å²) in [4.78, 5) is 10.2. The first-order chi connectivity index (χ1) is 4.79. The molecule has 0 saturated heterocycles. The SMILES string of the molecule is O=CC1=CSC(CCl)N1Cl. The van der Waals surface area contributed by atoms with Gasteiger partial charge < -0.3 is 0 Å². The standard InChI is InChI=1S/C5H5Cl2NOS/c6-1-5-8(7)4(2-9)3-10-5/h2-3,5H,1H2. The highest BCUT2D eigenvalue weighted by atomic mass is 35.5. The van der Waals surface area contributed by atoms with E-state index < -0.39 is 0 Å². The summed E-state index contributed by atoms with van der Waals surface area (Å²) in [5.41, 5.74) is 0.484. The van der Waals surface area contributed by atoms with E-state index in [-0.39, 0.29) is 5.37 Å². The van der Waals surface area contributed by atoms with Crippen LogP contribution < -0.4 is 0 Å². The summed E-state index contributed by atoms with van der Waals surface area (Å²) in [6.45, 7) is 0. The van der Waals surface area contributed by atoms with Gasteiger partial charge in [-0.15, -0.1) is 23.4 Å². The summed E-state index contributed by atoms with van der Waals surface area (Å²) >= 11 is 12.7. The summed E-state index contributed by atoms with van der Waals surface area (Å²) in [5, 5.41) is 1.70. The fraction of sp³-hybridized carbons (Fsp3) is 0.400. The third-order valence-electron chi connectivity index (χ3n) is 1.10. The maximum atomic E-state index is 10.2. The molecule has 1 heterocycles. The van der Waals surface area contributed by atoms with Crippen molar-refractivity contribution >= 4 is 41.4 Å². The number of hydrogen-bond donors (Lipinski definition) is 0. The Morgan fingerprint density at radius 1 is 1.90 bits per heavy atom. The Morgan fingerprint density at radius 3 is 2.90 bits per heavy atom. The van der Waals surface area contributed by atoms with Crippen molar-refractivity contribution in [3.8, 4) is 0 Å². The Bertz CT molecular complexity index is 173. The van der Waals surface area contributed by atoms with Gasteiger partial charge in [0.05, 0.1) is 11.6 Å². The predicted octanol–water partition coefficient (Wildman–Crippen LogP) is 1.79. The summed E-state index contributed by atoms with van der Waals surface area (Å²) in [5.74, 6) is 0.419. The molecule has 1 aliphatic rings.